The molecule has 0 aliphatic carbocycles. The molecule has 0 fully saturated rings. The number of benzene rings is 6. The number of aromatic nitrogens is 4. The van der Waals surface area contributed by atoms with Gasteiger partial charge in [0.05, 0.1) is 5.54 Å². The van der Waals surface area contributed by atoms with Crippen LogP contribution in [0.3, 0.4) is 0 Å². The fourth-order valence-corrected chi connectivity index (χ4v) is 8.91. The second kappa shape index (κ2) is 16.0. The van der Waals surface area contributed by atoms with Crippen LogP contribution in [-0.4, -0.2) is 18.7 Å². The van der Waals surface area contributed by atoms with Crippen molar-refractivity contribution in [1.29, 1.82) is 0 Å². The van der Waals surface area contributed by atoms with Crippen LogP contribution in [0.4, 0.5) is 17.1 Å². The van der Waals surface area contributed by atoms with Gasteiger partial charge in [-0.05, 0) is 116 Å². The molecular formula is C54H52N5Pt-. The molecule has 0 amide bonds. The Hall–Kier alpha value is -5.77. The molecule has 3 aromatic heterocycles. The van der Waals surface area contributed by atoms with Gasteiger partial charge in [0.1, 0.15) is 5.82 Å². The molecule has 0 atom stereocenters. The first-order valence-corrected chi connectivity index (χ1v) is 20.9. The zero-order valence-electron chi connectivity index (χ0n) is 36.0. The number of para-hydroxylation sites is 4. The molecule has 5 nitrogen and oxygen atoms in total. The average Bonchev–Trinajstić information content (AvgIpc) is 3.79. The first-order valence-electron chi connectivity index (χ1n) is 20.9. The van der Waals surface area contributed by atoms with Crippen LogP contribution in [0.2, 0.25) is 0 Å². The SMILES string of the molecule is Cc1cccc(C)c1N(c1[c-]c(-n2[cH+]n(C(C)(C)C)c3ccccc32)ccc1)c1[c-]c2c(cc1)c1ccccc1n2-c1cc(-c2c(C(C)C)cccc2C(C)C)ccn1.[Pt]. The van der Waals surface area contributed by atoms with E-state index in [1.807, 2.05) is 6.20 Å². The molecule has 0 bridgehead atoms. The molecule has 0 spiro atoms. The maximum absolute atomic E-state index is 5.08. The Kier molecular flexibility index (Phi) is 10.9. The van der Waals surface area contributed by atoms with Crippen molar-refractivity contribution in [2.45, 2.75) is 79.7 Å². The smallest absolute Gasteiger partial charge is 0.188 e. The molecule has 9 rings (SSSR count). The third-order valence-corrected chi connectivity index (χ3v) is 11.7. The summed E-state index contributed by atoms with van der Waals surface area (Å²) in [5.41, 5.74) is 15.8. The van der Waals surface area contributed by atoms with E-state index in [0.717, 1.165) is 50.5 Å². The Morgan fingerprint density at radius 1 is 0.633 bits per heavy atom. The van der Waals surface area contributed by atoms with E-state index in [1.165, 1.54) is 44.3 Å². The predicted octanol–water partition coefficient (Wildman–Crippen LogP) is 14.6. The zero-order valence-corrected chi connectivity index (χ0v) is 38.3. The normalized spacial score (nSPS) is 11.9. The van der Waals surface area contributed by atoms with Gasteiger partial charge in [0.2, 0.25) is 0 Å². The summed E-state index contributed by atoms with van der Waals surface area (Å²) in [6, 6.07) is 53.8. The molecule has 3 heterocycles. The van der Waals surface area contributed by atoms with E-state index in [9.17, 15) is 0 Å². The molecule has 0 unspecified atom stereocenters. The van der Waals surface area contributed by atoms with Crippen LogP contribution >= 0.6 is 0 Å². The van der Waals surface area contributed by atoms with E-state index in [4.69, 9.17) is 4.98 Å². The van der Waals surface area contributed by atoms with Crippen LogP contribution in [-0.2, 0) is 26.6 Å². The molecular weight excluding hydrogens is 914 g/mol. The van der Waals surface area contributed by atoms with Gasteiger partial charge < -0.3 is 9.47 Å². The largest absolute Gasteiger partial charge is 0.357 e. The van der Waals surface area contributed by atoms with E-state index in [-0.39, 0.29) is 26.6 Å². The van der Waals surface area contributed by atoms with Crippen molar-refractivity contribution in [2.75, 3.05) is 4.90 Å². The maximum atomic E-state index is 5.08. The summed E-state index contributed by atoms with van der Waals surface area (Å²) in [7, 11) is 0. The van der Waals surface area contributed by atoms with Crippen molar-refractivity contribution in [3.63, 3.8) is 0 Å². The number of pyridine rings is 1. The summed E-state index contributed by atoms with van der Waals surface area (Å²) in [6.07, 6.45) is 4.18. The Morgan fingerprint density at radius 2 is 1.25 bits per heavy atom. The van der Waals surface area contributed by atoms with Crippen molar-refractivity contribution in [1.82, 2.24) is 18.7 Å². The average molecular weight is 966 g/mol. The quantitative estimate of drug-likeness (QED) is 0.142. The van der Waals surface area contributed by atoms with Crippen LogP contribution in [0.15, 0.2) is 140 Å². The number of aryl methyl sites for hydroxylation is 2. The van der Waals surface area contributed by atoms with Gasteiger partial charge in [0, 0.05) is 56.3 Å². The minimum atomic E-state index is -0.0987. The summed E-state index contributed by atoms with van der Waals surface area (Å²) in [4.78, 5) is 7.41. The van der Waals surface area contributed by atoms with Crippen LogP contribution in [0.1, 0.15) is 82.6 Å². The van der Waals surface area contributed by atoms with Gasteiger partial charge in [-0.25, -0.2) is 14.1 Å². The van der Waals surface area contributed by atoms with Crippen LogP contribution in [0.25, 0.3) is 55.5 Å². The van der Waals surface area contributed by atoms with Crippen molar-refractivity contribution in [2.24, 2.45) is 0 Å². The van der Waals surface area contributed by atoms with Crippen LogP contribution in [0, 0.1) is 26.0 Å². The molecule has 0 saturated carbocycles. The number of fused-ring (bicyclic) bond motifs is 4. The molecule has 0 saturated heterocycles. The van der Waals surface area contributed by atoms with Crippen molar-refractivity contribution >= 4 is 49.9 Å². The maximum Gasteiger partial charge on any atom is 0.188 e. The number of hydrogen-bond donors (Lipinski definition) is 0. The third kappa shape index (κ3) is 7.07. The molecule has 60 heavy (non-hydrogen) atoms. The summed E-state index contributed by atoms with van der Waals surface area (Å²) >= 11 is 0. The van der Waals surface area contributed by atoms with Crippen molar-refractivity contribution in [3.8, 4) is 22.6 Å². The number of rotatable bonds is 8. The van der Waals surface area contributed by atoms with Gasteiger partial charge in [0.25, 0.3) is 0 Å². The molecule has 0 aliphatic rings. The zero-order chi connectivity index (χ0) is 41.2. The molecule has 6 aromatic carbocycles. The van der Waals surface area contributed by atoms with Gasteiger partial charge in [-0.15, -0.1) is 29.7 Å². The monoisotopic (exact) mass is 965 g/mol. The molecule has 0 radical (unpaired) electrons. The van der Waals surface area contributed by atoms with Crippen LogP contribution < -0.4 is 4.90 Å². The van der Waals surface area contributed by atoms with Gasteiger partial charge >= 0.3 is 0 Å². The summed E-state index contributed by atoms with van der Waals surface area (Å²) < 4.78 is 6.91. The molecule has 304 valence electrons. The molecule has 0 aliphatic heterocycles. The first kappa shape index (κ1) is 41.0. The topological polar surface area (TPSA) is 30.9 Å². The van der Waals surface area contributed by atoms with E-state index < -0.39 is 0 Å². The first-order chi connectivity index (χ1) is 28.4. The Morgan fingerprint density at radius 3 is 1.93 bits per heavy atom. The molecule has 0 N–H and O–H groups in total. The second-order valence-corrected chi connectivity index (χ2v) is 17.5. The Balaban J connectivity index is 0.00000499. The fourth-order valence-electron chi connectivity index (χ4n) is 8.91. The summed E-state index contributed by atoms with van der Waals surface area (Å²) in [6.45, 7) is 20.3. The van der Waals surface area contributed by atoms with Gasteiger partial charge in [0.15, 0.2) is 17.4 Å². The second-order valence-electron chi connectivity index (χ2n) is 17.5. The van der Waals surface area contributed by atoms with Crippen LogP contribution in [0.5, 0.6) is 0 Å². The Bertz CT molecular complexity index is 2990. The van der Waals surface area contributed by atoms with E-state index in [1.54, 1.807) is 0 Å². The van der Waals surface area contributed by atoms with Gasteiger partial charge in [-0.1, -0.05) is 105 Å². The van der Waals surface area contributed by atoms with E-state index in [2.05, 4.69) is 227 Å². The van der Waals surface area contributed by atoms with Crippen molar-refractivity contribution < 1.29 is 21.1 Å². The fraction of sp³-hybridized carbons (Fsp3) is 0.222. The number of nitrogens with zero attached hydrogens (tertiary/aromatic N) is 5. The third-order valence-electron chi connectivity index (χ3n) is 11.7. The summed E-state index contributed by atoms with van der Waals surface area (Å²) in [5, 5.41) is 2.30. The number of hydrogen-bond acceptors (Lipinski definition) is 2. The predicted molar refractivity (Wildman–Crippen MR) is 248 cm³/mol. The van der Waals surface area contributed by atoms with E-state index >= 15 is 0 Å². The molecule has 9 aromatic rings. The minimum absolute atomic E-state index is 0. The Labute approximate surface area is 369 Å². The molecule has 6 heteroatoms. The van der Waals surface area contributed by atoms with Gasteiger partial charge in [-0.3, -0.25) is 0 Å². The number of anilines is 3. The van der Waals surface area contributed by atoms with E-state index in [0.29, 0.717) is 11.8 Å². The standard InChI is InChI=1S/C54H52N5.Pt/c1-35(2)43-22-16-23-44(36(3)4)52(43)39-29-30-55-51(31-39)59-47-24-11-10-21-45(47)46-28-27-42(33-50(46)59)58(53-37(5)17-14-18-38(53)6)41-20-15-19-40(32-41)56-34-57(54(7,8)9)49-26-13-12-25-48(49)56;/h10-31,34-36H,1-9H3;/q-1;. The van der Waals surface area contributed by atoms with Gasteiger partial charge in [-0.2, -0.15) is 12.1 Å². The van der Waals surface area contributed by atoms with Crippen molar-refractivity contribution in [3.05, 3.63) is 174 Å². The minimum Gasteiger partial charge on any atom is -0.357 e. The number of imidazole rings is 1. The summed E-state index contributed by atoms with van der Waals surface area (Å²) in [5.74, 6) is 1.63.